The topological polar surface area (TPSA) is 41.6 Å². The van der Waals surface area contributed by atoms with Gasteiger partial charge in [0.25, 0.3) is 0 Å². The first kappa shape index (κ1) is 14.4. The highest BCUT2D eigenvalue weighted by molar-refractivity contribution is 5.98. The van der Waals surface area contributed by atoms with Crippen LogP contribution in [0.2, 0.25) is 0 Å². The molecule has 1 aromatic carbocycles. The summed E-state index contributed by atoms with van der Waals surface area (Å²) in [4.78, 5) is 6.92. The Morgan fingerprint density at radius 3 is 2.10 bits per heavy atom. The Kier molecular flexibility index (Phi) is 3.09. The smallest absolute Gasteiger partial charge is 0.196 e. The molecule has 0 bridgehead atoms. The van der Waals surface area contributed by atoms with E-state index in [1.807, 2.05) is 6.07 Å². The molecule has 1 spiro atoms. The van der Waals surface area contributed by atoms with Crippen LogP contribution < -0.4 is 10.6 Å². The quantitative estimate of drug-likeness (QED) is 0.852. The molecule has 0 amide bonds. The number of benzene rings is 1. The number of hydrogen-bond donors (Lipinski definition) is 1. The molecule has 1 fully saturated rings. The Morgan fingerprint density at radius 2 is 1.52 bits per heavy atom. The van der Waals surface area contributed by atoms with E-state index in [4.69, 9.17) is 5.73 Å². The van der Waals surface area contributed by atoms with Crippen molar-refractivity contribution in [3.8, 4) is 0 Å². The highest BCUT2D eigenvalue weighted by Crippen LogP contribution is 2.54. The minimum atomic E-state index is 0.0384. The summed E-state index contributed by atoms with van der Waals surface area (Å²) in [6.45, 7) is 10.3. The summed E-state index contributed by atoms with van der Waals surface area (Å²) in [5, 5.41) is 0. The second-order valence-electron chi connectivity index (χ2n) is 8.43. The van der Waals surface area contributed by atoms with E-state index in [1.54, 1.807) is 0 Å². The lowest BCUT2D eigenvalue weighted by molar-refractivity contribution is 0.0574. The number of aliphatic imine (C=N–C) groups is 1. The molecule has 2 aliphatic rings. The lowest BCUT2D eigenvalue weighted by atomic mass is 9.58. The molecule has 1 heterocycles. The van der Waals surface area contributed by atoms with Gasteiger partial charge in [-0.2, -0.15) is 0 Å². The number of anilines is 1. The van der Waals surface area contributed by atoms with E-state index in [0.717, 1.165) is 19.4 Å². The molecule has 114 valence electrons. The van der Waals surface area contributed by atoms with Crippen LogP contribution in [0.5, 0.6) is 0 Å². The van der Waals surface area contributed by atoms with Gasteiger partial charge in [-0.15, -0.1) is 0 Å². The van der Waals surface area contributed by atoms with Crippen molar-refractivity contribution < 1.29 is 0 Å². The highest BCUT2D eigenvalue weighted by Gasteiger charge is 2.53. The van der Waals surface area contributed by atoms with Crippen LogP contribution in [0.1, 0.15) is 47.0 Å². The SMILES string of the molecule is CC1(C)CC(C)(C)CC2(CN=C(N)N2c2ccccc2)C1. The van der Waals surface area contributed by atoms with Gasteiger partial charge in [-0.05, 0) is 42.2 Å². The third-order valence-corrected chi connectivity index (χ3v) is 4.83. The standard InChI is InChI=1S/C18H27N3/c1-16(2)10-17(3,4)12-18(11-16)13-20-15(19)21(18)14-8-6-5-7-9-14/h5-9H,10-13H2,1-4H3,(H2,19,20). The van der Waals surface area contributed by atoms with Gasteiger partial charge in [-0.1, -0.05) is 45.9 Å². The first-order chi connectivity index (χ1) is 9.73. The van der Waals surface area contributed by atoms with Crippen LogP contribution in [0.15, 0.2) is 35.3 Å². The molecule has 1 aliphatic heterocycles. The average molecular weight is 285 g/mol. The molecular formula is C18H27N3. The molecule has 2 N–H and O–H groups in total. The summed E-state index contributed by atoms with van der Waals surface area (Å²) in [5.74, 6) is 0.676. The largest absolute Gasteiger partial charge is 0.369 e. The van der Waals surface area contributed by atoms with Crippen molar-refractivity contribution in [2.75, 3.05) is 11.4 Å². The monoisotopic (exact) mass is 285 g/mol. The maximum absolute atomic E-state index is 6.27. The van der Waals surface area contributed by atoms with Crippen LogP contribution in [-0.4, -0.2) is 18.0 Å². The third-order valence-electron chi connectivity index (χ3n) is 4.83. The zero-order chi connectivity index (χ0) is 15.3. The van der Waals surface area contributed by atoms with Gasteiger partial charge in [0, 0.05) is 5.69 Å². The fraction of sp³-hybridized carbons (Fsp3) is 0.611. The summed E-state index contributed by atoms with van der Waals surface area (Å²) >= 11 is 0. The molecule has 1 aromatic rings. The van der Waals surface area contributed by atoms with E-state index < -0.39 is 0 Å². The zero-order valence-corrected chi connectivity index (χ0v) is 13.7. The van der Waals surface area contributed by atoms with Crippen molar-refractivity contribution in [3.05, 3.63) is 30.3 Å². The van der Waals surface area contributed by atoms with Gasteiger partial charge in [0.15, 0.2) is 5.96 Å². The molecule has 21 heavy (non-hydrogen) atoms. The molecule has 0 radical (unpaired) electrons. The van der Waals surface area contributed by atoms with E-state index in [0.29, 0.717) is 16.8 Å². The van der Waals surface area contributed by atoms with Gasteiger partial charge >= 0.3 is 0 Å². The molecule has 0 unspecified atom stereocenters. The molecule has 3 heteroatoms. The van der Waals surface area contributed by atoms with E-state index in [1.165, 1.54) is 12.1 Å². The Bertz CT molecular complexity index is 541. The third kappa shape index (κ3) is 2.54. The summed E-state index contributed by atoms with van der Waals surface area (Å²) in [7, 11) is 0. The van der Waals surface area contributed by atoms with Gasteiger partial charge in [-0.25, -0.2) is 0 Å². The Labute approximate surface area is 128 Å². The number of nitrogens with two attached hydrogens (primary N) is 1. The summed E-state index contributed by atoms with van der Waals surface area (Å²) in [6.07, 6.45) is 3.54. The molecule has 1 aliphatic carbocycles. The summed E-state index contributed by atoms with van der Waals surface area (Å²) in [6, 6.07) is 10.5. The predicted octanol–water partition coefficient (Wildman–Crippen LogP) is 3.80. The lowest BCUT2D eigenvalue weighted by Gasteiger charge is -2.54. The van der Waals surface area contributed by atoms with Crippen molar-refractivity contribution in [3.63, 3.8) is 0 Å². The Morgan fingerprint density at radius 1 is 0.952 bits per heavy atom. The van der Waals surface area contributed by atoms with Gasteiger partial charge in [0.2, 0.25) is 0 Å². The average Bonchev–Trinajstić information content (AvgIpc) is 2.62. The van der Waals surface area contributed by atoms with Gasteiger partial charge < -0.3 is 10.6 Å². The van der Waals surface area contributed by atoms with E-state index >= 15 is 0 Å². The van der Waals surface area contributed by atoms with Crippen LogP contribution >= 0.6 is 0 Å². The van der Waals surface area contributed by atoms with E-state index in [9.17, 15) is 0 Å². The summed E-state index contributed by atoms with van der Waals surface area (Å²) in [5.41, 5.74) is 8.11. The van der Waals surface area contributed by atoms with Crippen LogP contribution in [0.3, 0.4) is 0 Å². The van der Waals surface area contributed by atoms with Gasteiger partial charge in [0.05, 0.1) is 12.1 Å². The van der Waals surface area contributed by atoms with Crippen molar-refractivity contribution in [2.45, 2.75) is 52.5 Å². The van der Waals surface area contributed by atoms with Crippen molar-refractivity contribution in [1.29, 1.82) is 0 Å². The molecule has 3 rings (SSSR count). The van der Waals surface area contributed by atoms with Crippen molar-refractivity contribution in [2.24, 2.45) is 21.6 Å². The van der Waals surface area contributed by atoms with Crippen molar-refractivity contribution in [1.82, 2.24) is 0 Å². The molecule has 1 saturated carbocycles. The highest BCUT2D eigenvalue weighted by atomic mass is 15.4. The minimum Gasteiger partial charge on any atom is -0.369 e. The van der Waals surface area contributed by atoms with E-state index in [-0.39, 0.29) is 5.54 Å². The van der Waals surface area contributed by atoms with Crippen molar-refractivity contribution >= 4 is 11.6 Å². The number of guanidine groups is 1. The zero-order valence-electron chi connectivity index (χ0n) is 13.7. The fourth-order valence-electron chi connectivity index (χ4n) is 5.13. The normalized spacial score (nSPS) is 25.9. The van der Waals surface area contributed by atoms with Crippen LogP contribution in [0.25, 0.3) is 0 Å². The first-order valence-corrected chi connectivity index (χ1v) is 7.88. The maximum atomic E-state index is 6.27. The second-order valence-corrected chi connectivity index (χ2v) is 8.43. The van der Waals surface area contributed by atoms with Crippen LogP contribution in [0.4, 0.5) is 5.69 Å². The van der Waals surface area contributed by atoms with Crippen LogP contribution in [-0.2, 0) is 0 Å². The first-order valence-electron chi connectivity index (χ1n) is 7.88. The maximum Gasteiger partial charge on any atom is 0.196 e. The fourth-order valence-corrected chi connectivity index (χ4v) is 5.13. The minimum absolute atomic E-state index is 0.0384. The molecule has 0 atom stereocenters. The van der Waals surface area contributed by atoms with Crippen LogP contribution in [0, 0.1) is 10.8 Å². The van der Waals surface area contributed by atoms with Gasteiger partial charge in [0.1, 0.15) is 0 Å². The molecular weight excluding hydrogens is 258 g/mol. The molecule has 0 saturated heterocycles. The second kappa shape index (κ2) is 4.49. The summed E-state index contributed by atoms with van der Waals surface area (Å²) < 4.78 is 0. The van der Waals surface area contributed by atoms with Gasteiger partial charge in [-0.3, -0.25) is 4.99 Å². The number of hydrogen-bond acceptors (Lipinski definition) is 3. The predicted molar refractivity (Wildman–Crippen MR) is 89.6 cm³/mol. The number of nitrogens with zero attached hydrogens (tertiary/aromatic N) is 2. The lowest BCUT2D eigenvalue weighted by Crippen LogP contribution is -2.59. The number of para-hydroxylation sites is 1. The molecule has 0 aromatic heterocycles. The molecule has 3 nitrogen and oxygen atoms in total. The number of rotatable bonds is 1. The Balaban J connectivity index is 2.04. The van der Waals surface area contributed by atoms with E-state index in [2.05, 4.69) is 61.9 Å². The Hall–Kier alpha value is -1.51.